The van der Waals surface area contributed by atoms with Crippen LogP contribution in [0, 0.1) is 5.92 Å². The van der Waals surface area contributed by atoms with E-state index in [9.17, 15) is 13.6 Å². The molecule has 0 unspecified atom stereocenters. The molecule has 16 heavy (non-hydrogen) atoms. The lowest BCUT2D eigenvalue weighted by Gasteiger charge is -2.33. The Labute approximate surface area is 91.9 Å². The topological polar surface area (TPSA) is 37.3 Å². The van der Waals surface area contributed by atoms with Crippen LogP contribution in [-0.4, -0.2) is 11.1 Å². The lowest BCUT2D eigenvalue weighted by molar-refractivity contribution is -0.0943. The first-order chi connectivity index (χ1) is 7.51. The number of hydrogen-bond donors (Lipinski definition) is 1. The van der Waals surface area contributed by atoms with Gasteiger partial charge in [0.15, 0.2) is 0 Å². The Bertz CT molecular complexity index is 411. The summed E-state index contributed by atoms with van der Waals surface area (Å²) in [7, 11) is 0. The maximum Gasteiger partial charge on any atom is 0.335 e. The summed E-state index contributed by atoms with van der Waals surface area (Å²) in [6, 6.07) is 5.06. The summed E-state index contributed by atoms with van der Waals surface area (Å²) >= 11 is 0. The van der Waals surface area contributed by atoms with Gasteiger partial charge in [-0.3, -0.25) is 0 Å². The van der Waals surface area contributed by atoms with E-state index in [1.807, 2.05) is 0 Å². The minimum Gasteiger partial charge on any atom is -0.478 e. The van der Waals surface area contributed by atoms with Gasteiger partial charge in [0.05, 0.1) is 5.56 Å². The molecule has 0 spiro atoms. The van der Waals surface area contributed by atoms with E-state index in [2.05, 4.69) is 0 Å². The fourth-order valence-electron chi connectivity index (χ4n) is 1.87. The third kappa shape index (κ3) is 1.79. The average molecular weight is 226 g/mol. The molecule has 1 aromatic rings. The number of carbonyl (C=O) groups is 1. The van der Waals surface area contributed by atoms with E-state index in [1.165, 1.54) is 18.2 Å². The molecule has 0 atom stereocenters. The summed E-state index contributed by atoms with van der Waals surface area (Å²) in [6.45, 7) is 0. The summed E-state index contributed by atoms with van der Waals surface area (Å²) in [5.41, 5.74) is -0.270. The van der Waals surface area contributed by atoms with Crippen molar-refractivity contribution in [3.8, 4) is 0 Å². The van der Waals surface area contributed by atoms with Gasteiger partial charge in [-0.05, 0) is 25.0 Å². The lowest BCUT2D eigenvalue weighted by atomic mass is 9.78. The molecule has 2 rings (SSSR count). The van der Waals surface area contributed by atoms with Crippen LogP contribution in [0.4, 0.5) is 8.78 Å². The van der Waals surface area contributed by atoms with Gasteiger partial charge in [0, 0.05) is 11.5 Å². The Kier molecular flexibility index (Phi) is 2.66. The first-order valence-corrected chi connectivity index (χ1v) is 5.23. The molecule has 1 N–H and O–H groups in total. The predicted molar refractivity (Wildman–Crippen MR) is 54.6 cm³/mol. The van der Waals surface area contributed by atoms with Crippen LogP contribution in [0.25, 0.3) is 0 Å². The van der Waals surface area contributed by atoms with Gasteiger partial charge in [-0.1, -0.05) is 18.6 Å². The Morgan fingerprint density at radius 3 is 2.56 bits per heavy atom. The van der Waals surface area contributed by atoms with Crippen LogP contribution in [0.3, 0.4) is 0 Å². The fraction of sp³-hybridized carbons (Fsp3) is 0.417. The third-order valence-electron chi connectivity index (χ3n) is 3.11. The highest BCUT2D eigenvalue weighted by Gasteiger charge is 2.44. The Balaban J connectivity index is 2.31. The van der Waals surface area contributed by atoms with Gasteiger partial charge >= 0.3 is 5.97 Å². The second-order valence-corrected chi connectivity index (χ2v) is 4.14. The quantitative estimate of drug-likeness (QED) is 0.858. The molecular formula is C12H12F2O2. The van der Waals surface area contributed by atoms with Crippen LogP contribution in [0.15, 0.2) is 24.3 Å². The van der Waals surface area contributed by atoms with Crippen molar-refractivity contribution in [2.45, 2.75) is 25.2 Å². The molecule has 4 heteroatoms. The molecular weight excluding hydrogens is 214 g/mol. The highest BCUT2D eigenvalue weighted by molar-refractivity contribution is 5.87. The largest absolute Gasteiger partial charge is 0.478 e. The highest BCUT2D eigenvalue weighted by Crippen LogP contribution is 2.46. The van der Waals surface area contributed by atoms with Gasteiger partial charge in [0.2, 0.25) is 0 Å². The van der Waals surface area contributed by atoms with E-state index in [1.54, 1.807) is 0 Å². The molecule has 2 nitrogen and oxygen atoms in total. The van der Waals surface area contributed by atoms with Crippen LogP contribution < -0.4 is 0 Å². The number of aromatic carboxylic acids is 1. The van der Waals surface area contributed by atoms with E-state index in [-0.39, 0.29) is 11.1 Å². The summed E-state index contributed by atoms with van der Waals surface area (Å²) in [5, 5.41) is 8.74. The molecule has 0 aliphatic heterocycles. The lowest BCUT2D eigenvalue weighted by Crippen LogP contribution is -2.31. The van der Waals surface area contributed by atoms with Crippen LogP contribution in [-0.2, 0) is 5.92 Å². The van der Waals surface area contributed by atoms with Crippen molar-refractivity contribution in [2.24, 2.45) is 5.92 Å². The molecule has 86 valence electrons. The van der Waals surface area contributed by atoms with Gasteiger partial charge < -0.3 is 5.11 Å². The second kappa shape index (κ2) is 3.85. The van der Waals surface area contributed by atoms with E-state index >= 15 is 0 Å². The standard InChI is InChI=1S/C12H12F2O2/c13-12(14,9-4-2-5-9)10-6-1-3-8(7-10)11(15)16/h1,3,6-7,9H,2,4-5H2,(H,15,16). The van der Waals surface area contributed by atoms with Crippen molar-refractivity contribution in [3.63, 3.8) is 0 Å². The molecule has 0 bridgehead atoms. The summed E-state index contributed by atoms with van der Waals surface area (Å²) in [5.74, 6) is -4.70. The zero-order valence-corrected chi connectivity index (χ0v) is 8.62. The van der Waals surface area contributed by atoms with Gasteiger partial charge in [0.1, 0.15) is 0 Å². The predicted octanol–water partition coefficient (Wildman–Crippen LogP) is 3.28. The monoisotopic (exact) mass is 226 g/mol. The van der Waals surface area contributed by atoms with Gasteiger partial charge in [0.25, 0.3) is 5.92 Å². The van der Waals surface area contributed by atoms with E-state index in [0.29, 0.717) is 12.8 Å². The molecule has 1 aliphatic carbocycles. The summed E-state index contributed by atoms with van der Waals surface area (Å²) in [6.07, 6.45) is 1.87. The SMILES string of the molecule is O=C(O)c1cccc(C(F)(F)C2CCC2)c1. The first kappa shape index (κ1) is 11.0. The van der Waals surface area contributed by atoms with Crippen LogP contribution in [0.2, 0.25) is 0 Å². The molecule has 0 aromatic heterocycles. The van der Waals surface area contributed by atoms with Crippen molar-refractivity contribution < 1.29 is 18.7 Å². The minimum atomic E-state index is -2.90. The smallest absolute Gasteiger partial charge is 0.335 e. The Hall–Kier alpha value is -1.45. The van der Waals surface area contributed by atoms with Gasteiger partial charge in [-0.2, -0.15) is 0 Å². The number of alkyl halides is 2. The van der Waals surface area contributed by atoms with E-state index in [0.717, 1.165) is 12.5 Å². The zero-order chi connectivity index (χ0) is 11.8. The van der Waals surface area contributed by atoms with Crippen LogP contribution in [0.1, 0.15) is 35.2 Å². The van der Waals surface area contributed by atoms with Crippen LogP contribution in [0.5, 0.6) is 0 Å². The van der Waals surface area contributed by atoms with Crippen molar-refractivity contribution >= 4 is 5.97 Å². The molecule has 1 saturated carbocycles. The normalized spacial score (nSPS) is 16.9. The number of carboxylic acid groups (broad SMARTS) is 1. The number of rotatable bonds is 3. The fourth-order valence-corrected chi connectivity index (χ4v) is 1.87. The Morgan fingerprint density at radius 1 is 1.38 bits per heavy atom. The summed E-state index contributed by atoms with van der Waals surface area (Å²) in [4.78, 5) is 10.7. The Morgan fingerprint density at radius 2 is 2.06 bits per heavy atom. The minimum absolute atomic E-state index is 0.0866. The molecule has 0 saturated heterocycles. The maximum atomic E-state index is 13.9. The highest BCUT2D eigenvalue weighted by atomic mass is 19.3. The number of halogens is 2. The molecule has 0 amide bonds. The zero-order valence-electron chi connectivity index (χ0n) is 8.62. The maximum absolute atomic E-state index is 13.9. The van der Waals surface area contributed by atoms with E-state index < -0.39 is 17.8 Å². The second-order valence-electron chi connectivity index (χ2n) is 4.14. The first-order valence-electron chi connectivity index (χ1n) is 5.23. The number of hydrogen-bond acceptors (Lipinski definition) is 1. The number of benzene rings is 1. The van der Waals surface area contributed by atoms with Crippen molar-refractivity contribution in [2.75, 3.05) is 0 Å². The van der Waals surface area contributed by atoms with Crippen LogP contribution >= 0.6 is 0 Å². The van der Waals surface area contributed by atoms with Crippen molar-refractivity contribution in [1.82, 2.24) is 0 Å². The van der Waals surface area contributed by atoms with Crippen molar-refractivity contribution in [1.29, 1.82) is 0 Å². The number of carboxylic acids is 1. The molecule has 1 fully saturated rings. The van der Waals surface area contributed by atoms with Gasteiger partial charge in [-0.15, -0.1) is 0 Å². The molecule has 1 aliphatic rings. The molecule has 0 radical (unpaired) electrons. The van der Waals surface area contributed by atoms with Crippen molar-refractivity contribution in [3.05, 3.63) is 35.4 Å². The molecule has 1 aromatic carbocycles. The average Bonchev–Trinajstić information content (AvgIpc) is 2.14. The third-order valence-corrected chi connectivity index (χ3v) is 3.11. The van der Waals surface area contributed by atoms with E-state index in [4.69, 9.17) is 5.11 Å². The van der Waals surface area contributed by atoms with Gasteiger partial charge in [-0.25, -0.2) is 13.6 Å². The summed E-state index contributed by atoms with van der Waals surface area (Å²) < 4.78 is 27.7. The molecule has 0 heterocycles.